The van der Waals surface area contributed by atoms with Crippen molar-refractivity contribution < 1.29 is 22.8 Å². The zero-order chi connectivity index (χ0) is 34.6. The number of piperazine rings is 1. The van der Waals surface area contributed by atoms with Gasteiger partial charge in [0.05, 0.1) is 5.56 Å². The van der Waals surface area contributed by atoms with E-state index in [1.165, 1.54) is 35.4 Å². The van der Waals surface area contributed by atoms with E-state index in [0.29, 0.717) is 25.1 Å². The lowest BCUT2D eigenvalue weighted by atomic mass is 10.0. The van der Waals surface area contributed by atoms with Crippen LogP contribution in [-0.4, -0.2) is 58.7 Å². The van der Waals surface area contributed by atoms with Crippen molar-refractivity contribution in [3.63, 3.8) is 0 Å². The van der Waals surface area contributed by atoms with E-state index in [1.807, 2.05) is 65.6 Å². The summed E-state index contributed by atoms with van der Waals surface area (Å²) in [6.45, 7) is 5.72. The van der Waals surface area contributed by atoms with Crippen molar-refractivity contribution in [1.82, 2.24) is 14.7 Å². The Labute approximate surface area is 287 Å². The number of aryl methyl sites for hydroxylation is 1. The number of hydrogen-bond donors (Lipinski definition) is 0. The molecule has 256 valence electrons. The largest absolute Gasteiger partial charge is 0.416 e. The Bertz CT molecular complexity index is 1650. The van der Waals surface area contributed by atoms with Crippen LogP contribution in [0.3, 0.4) is 0 Å². The van der Waals surface area contributed by atoms with Crippen LogP contribution in [0.25, 0.3) is 6.08 Å². The molecule has 0 bridgehead atoms. The Hall–Kier alpha value is -4.69. The van der Waals surface area contributed by atoms with E-state index < -0.39 is 17.8 Å². The van der Waals surface area contributed by atoms with Gasteiger partial charge in [0.2, 0.25) is 11.8 Å². The molecule has 0 N–H and O–H groups in total. The number of unbranched alkanes of at least 4 members (excludes halogenated alkanes) is 1. The number of benzene rings is 4. The van der Waals surface area contributed by atoms with Gasteiger partial charge in [-0.3, -0.25) is 14.5 Å². The summed E-state index contributed by atoms with van der Waals surface area (Å²) < 4.78 is 39.4. The lowest BCUT2D eigenvalue weighted by molar-refractivity contribution is -0.145. The highest BCUT2D eigenvalue weighted by Crippen LogP contribution is 2.29. The van der Waals surface area contributed by atoms with Crippen LogP contribution in [0, 0.1) is 0 Å². The van der Waals surface area contributed by atoms with Gasteiger partial charge in [0.15, 0.2) is 0 Å². The third kappa shape index (κ3) is 10.4. The van der Waals surface area contributed by atoms with Gasteiger partial charge in [0.1, 0.15) is 6.04 Å². The highest BCUT2D eigenvalue weighted by Gasteiger charge is 2.34. The molecular weight excluding hydrogens is 623 g/mol. The van der Waals surface area contributed by atoms with Crippen LogP contribution in [0.1, 0.15) is 53.1 Å². The van der Waals surface area contributed by atoms with Crippen molar-refractivity contribution >= 4 is 17.9 Å². The van der Waals surface area contributed by atoms with Gasteiger partial charge in [0, 0.05) is 51.8 Å². The molecule has 1 heterocycles. The van der Waals surface area contributed by atoms with E-state index in [0.717, 1.165) is 62.2 Å². The number of rotatable bonds is 13. The first kappa shape index (κ1) is 35.6. The van der Waals surface area contributed by atoms with Crippen LogP contribution in [0.4, 0.5) is 13.2 Å². The van der Waals surface area contributed by atoms with E-state index >= 15 is 0 Å². The fourth-order valence-electron chi connectivity index (χ4n) is 6.12. The molecule has 2 amide bonds. The molecule has 8 heteroatoms. The molecular formula is C41H44F3N3O2. The average molecular weight is 668 g/mol. The number of amides is 2. The summed E-state index contributed by atoms with van der Waals surface area (Å²) in [6.07, 6.45) is 1.92. The summed E-state index contributed by atoms with van der Waals surface area (Å²) in [5.41, 5.74) is 3.98. The van der Waals surface area contributed by atoms with Gasteiger partial charge >= 0.3 is 6.18 Å². The predicted octanol–water partition coefficient (Wildman–Crippen LogP) is 8.05. The second-order valence-corrected chi connectivity index (χ2v) is 12.6. The van der Waals surface area contributed by atoms with Crippen LogP contribution >= 0.6 is 0 Å². The third-order valence-corrected chi connectivity index (χ3v) is 9.00. The quantitative estimate of drug-likeness (QED) is 0.136. The van der Waals surface area contributed by atoms with E-state index in [-0.39, 0.29) is 18.4 Å². The fourth-order valence-corrected chi connectivity index (χ4v) is 6.12. The number of alkyl halides is 3. The molecule has 5 nitrogen and oxygen atoms in total. The number of carbonyl (C=O) groups is 2. The lowest BCUT2D eigenvalue weighted by Crippen LogP contribution is -2.56. The van der Waals surface area contributed by atoms with Gasteiger partial charge in [-0.2, -0.15) is 13.2 Å². The maximum absolute atomic E-state index is 14.5. The van der Waals surface area contributed by atoms with Gasteiger partial charge < -0.3 is 9.80 Å². The molecule has 4 aromatic rings. The van der Waals surface area contributed by atoms with Crippen LogP contribution in [-0.2, 0) is 41.7 Å². The smallest absolute Gasteiger partial charge is 0.338 e. The summed E-state index contributed by atoms with van der Waals surface area (Å²) in [7, 11) is 0. The molecule has 1 fully saturated rings. The van der Waals surface area contributed by atoms with Gasteiger partial charge in [0.25, 0.3) is 0 Å². The zero-order valence-electron chi connectivity index (χ0n) is 28.0. The molecule has 1 atom stereocenters. The van der Waals surface area contributed by atoms with Crippen molar-refractivity contribution in [1.29, 1.82) is 0 Å². The van der Waals surface area contributed by atoms with Gasteiger partial charge in [-0.05, 0) is 58.9 Å². The highest BCUT2D eigenvalue weighted by molar-refractivity contribution is 5.95. The van der Waals surface area contributed by atoms with Crippen LogP contribution in [0.2, 0.25) is 0 Å². The molecule has 0 aromatic heterocycles. The average Bonchev–Trinajstić information content (AvgIpc) is 3.12. The minimum absolute atomic E-state index is 0.112. The summed E-state index contributed by atoms with van der Waals surface area (Å²) in [6, 6.07) is 32.0. The predicted molar refractivity (Wildman–Crippen MR) is 188 cm³/mol. The Morgan fingerprint density at radius 2 is 1.35 bits per heavy atom. The molecule has 0 aliphatic carbocycles. The fraction of sp³-hybridized carbons (Fsp3) is 0.317. The molecule has 1 aliphatic heterocycles. The highest BCUT2D eigenvalue weighted by atomic mass is 19.4. The molecule has 0 spiro atoms. The van der Waals surface area contributed by atoms with Crippen molar-refractivity contribution in [3.05, 3.63) is 149 Å². The van der Waals surface area contributed by atoms with E-state index in [9.17, 15) is 22.8 Å². The summed E-state index contributed by atoms with van der Waals surface area (Å²) >= 11 is 0. The normalized spacial score (nSPS) is 14.6. The molecule has 1 aliphatic rings. The molecule has 4 aromatic carbocycles. The molecule has 1 saturated heterocycles. The van der Waals surface area contributed by atoms with Gasteiger partial charge in [-0.15, -0.1) is 0 Å². The zero-order valence-corrected chi connectivity index (χ0v) is 28.0. The van der Waals surface area contributed by atoms with Gasteiger partial charge in [-0.1, -0.05) is 110 Å². The second-order valence-electron chi connectivity index (χ2n) is 12.6. The van der Waals surface area contributed by atoms with Crippen molar-refractivity contribution in [2.24, 2.45) is 0 Å². The molecule has 0 unspecified atom stereocenters. The summed E-state index contributed by atoms with van der Waals surface area (Å²) in [5.74, 6) is -0.494. The minimum Gasteiger partial charge on any atom is -0.338 e. The van der Waals surface area contributed by atoms with E-state index in [4.69, 9.17) is 0 Å². The maximum atomic E-state index is 14.5. The first-order valence-electron chi connectivity index (χ1n) is 17.0. The van der Waals surface area contributed by atoms with E-state index in [2.05, 4.69) is 36.1 Å². The standard InChI is InChI=1S/C41H44F3N3O2/c1-2-3-10-32-15-17-36(18-16-32)31-47(39(48)24-21-33-19-22-37(23-20-33)41(42,43)44)38(29-34-11-6-4-7-12-34)40(49)46-27-25-45(26-28-46)30-35-13-8-5-9-14-35/h4-9,11-24,38H,2-3,10,25-31H2,1H3/t38-/m0/s1. The van der Waals surface area contributed by atoms with Crippen molar-refractivity contribution in [2.75, 3.05) is 26.2 Å². The van der Waals surface area contributed by atoms with Crippen LogP contribution < -0.4 is 0 Å². The Morgan fingerprint density at radius 3 is 1.94 bits per heavy atom. The van der Waals surface area contributed by atoms with Gasteiger partial charge in [-0.25, -0.2) is 0 Å². The Kier molecular flexibility index (Phi) is 12.4. The van der Waals surface area contributed by atoms with Crippen LogP contribution in [0.5, 0.6) is 0 Å². The number of nitrogens with zero attached hydrogens (tertiary/aromatic N) is 3. The molecule has 0 radical (unpaired) electrons. The third-order valence-electron chi connectivity index (χ3n) is 9.00. The Balaban J connectivity index is 1.41. The SMILES string of the molecule is CCCCc1ccc(CN(C(=O)C=Cc2ccc(C(F)(F)F)cc2)[C@@H](Cc2ccccc2)C(=O)N2CCN(Cc3ccccc3)CC2)cc1. The van der Waals surface area contributed by atoms with Crippen molar-refractivity contribution in [2.45, 2.75) is 57.9 Å². The maximum Gasteiger partial charge on any atom is 0.416 e. The minimum atomic E-state index is -4.45. The lowest BCUT2D eigenvalue weighted by Gasteiger charge is -2.39. The molecule has 0 saturated carbocycles. The van der Waals surface area contributed by atoms with Crippen LogP contribution in [0.15, 0.2) is 115 Å². The second kappa shape index (κ2) is 17.1. The van der Waals surface area contributed by atoms with E-state index in [1.54, 1.807) is 4.90 Å². The number of hydrogen-bond acceptors (Lipinski definition) is 3. The molecule has 5 rings (SSSR count). The molecule has 49 heavy (non-hydrogen) atoms. The first-order chi connectivity index (χ1) is 23.7. The topological polar surface area (TPSA) is 43.9 Å². The van der Waals surface area contributed by atoms with Crippen molar-refractivity contribution in [3.8, 4) is 0 Å². The summed E-state index contributed by atoms with van der Waals surface area (Å²) in [5, 5.41) is 0. The number of carbonyl (C=O) groups excluding carboxylic acids is 2. The Morgan fingerprint density at radius 1 is 0.755 bits per heavy atom. The number of halogens is 3. The summed E-state index contributed by atoms with van der Waals surface area (Å²) in [4.78, 5) is 34.4. The monoisotopic (exact) mass is 667 g/mol. The first-order valence-corrected chi connectivity index (χ1v) is 17.0.